The first-order valence-electron chi connectivity index (χ1n) is 8.28. The summed E-state index contributed by atoms with van der Waals surface area (Å²) in [6.07, 6.45) is 1.04. The van der Waals surface area contributed by atoms with E-state index in [0.717, 1.165) is 17.3 Å². The van der Waals surface area contributed by atoms with Gasteiger partial charge in [0, 0.05) is 0 Å². The third-order valence-corrected chi connectivity index (χ3v) is 5.47. The van der Waals surface area contributed by atoms with Crippen molar-refractivity contribution in [3.8, 4) is 0 Å². The maximum Gasteiger partial charge on any atom is 0.327 e. The molecular weight excluding hydrogens is 373 g/mol. The molecule has 0 aliphatic carbocycles. The second-order valence-electron chi connectivity index (χ2n) is 6.46. The van der Waals surface area contributed by atoms with Crippen LogP contribution >= 0.6 is 19.4 Å². The Morgan fingerprint density at radius 2 is 1.81 bits per heavy atom. The molecule has 7 nitrogen and oxygen atoms in total. The molecule has 0 saturated carbocycles. The van der Waals surface area contributed by atoms with E-state index in [1.165, 1.54) is 5.56 Å². The Hall–Kier alpha value is -1.47. The molecule has 144 valence electrons. The van der Waals surface area contributed by atoms with Gasteiger partial charge >= 0.3 is 7.60 Å². The highest BCUT2D eigenvalue weighted by Gasteiger charge is 2.35. The van der Waals surface area contributed by atoms with Gasteiger partial charge in [-0.1, -0.05) is 70.6 Å². The highest BCUT2D eigenvalue weighted by Crippen LogP contribution is 2.39. The zero-order valence-electron chi connectivity index (χ0n) is 15.6. The molecule has 0 bridgehead atoms. The Labute approximate surface area is 158 Å². The van der Waals surface area contributed by atoms with Crippen molar-refractivity contribution in [2.75, 3.05) is 6.16 Å². The lowest BCUT2D eigenvalue weighted by molar-refractivity contribution is -0.118. The molecule has 0 spiro atoms. The zero-order valence-corrected chi connectivity index (χ0v) is 17.3. The molecule has 0 radical (unpaired) electrons. The van der Waals surface area contributed by atoms with E-state index in [1.807, 2.05) is 38.1 Å². The average Bonchev–Trinajstić information content (AvgIpc) is 2.87. The highest BCUT2D eigenvalue weighted by molar-refractivity contribution is 8.15. The van der Waals surface area contributed by atoms with Gasteiger partial charge in [-0.25, -0.2) is 0 Å². The fraction of sp³-hybridized carbons (Fsp3) is 0.471. The van der Waals surface area contributed by atoms with Crippen LogP contribution in [0.3, 0.4) is 0 Å². The van der Waals surface area contributed by atoms with Gasteiger partial charge in [0.2, 0.25) is 5.91 Å². The standard InChI is InChI=1S/C15H20N3O4PS.C2H6/c1-15(2,3)11-6-4-10(5-7-11)8-16-18-14-17-13(19)12(24-14)9-23(20,21)22;1-2/h4-8,12H,9H2,1-3H3,(H,17,18,19)(H2,20,21,22);1-2H3/b16-8+;. The SMILES string of the molecule is CC.CC(C)(C)c1ccc(/C=N/N=C2\NC(=O)C(CP(=O)(O)O)S2)cc1. The molecule has 2 rings (SSSR count). The Balaban J connectivity index is 0.00000163. The summed E-state index contributed by atoms with van der Waals surface area (Å²) >= 11 is 0.970. The number of amides is 1. The Morgan fingerprint density at radius 3 is 2.31 bits per heavy atom. The third kappa shape index (κ3) is 7.41. The normalized spacial score (nSPS) is 19.4. The van der Waals surface area contributed by atoms with Gasteiger partial charge in [-0.05, 0) is 16.5 Å². The molecule has 0 aromatic heterocycles. The van der Waals surface area contributed by atoms with Gasteiger partial charge in [0.15, 0.2) is 5.17 Å². The van der Waals surface area contributed by atoms with E-state index in [-0.39, 0.29) is 10.6 Å². The predicted octanol–water partition coefficient (Wildman–Crippen LogP) is 3.11. The van der Waals surface area contributed by atoms with Crippen molar-refractivity contribution < 1.29 is 19.1 Å². The second-order valence-corrected chi connectivity index (χ2v) is 9.35. The summed E-state index contributed by atoms with van der Waals surface area (Å²) in [5.41, 5.74) is 2.16. The zero-order chi connectivity index (χ0) is 20.0. The van der Waals surface area contributed by atoms with Crippen molar-refractivity contribution in [3.05, 3.63) is 35.4 Å². The molecule has 9 heteroatoms. The van der Waals surface area contributed by atoms with Crippen LogP contribution in [-0.4, -0.2) is 38.5 Å². The fourth-order valence-corrected chi connectivity index (χ4v) is 4.17. The molecule has 1 aromatic carbocycles. The van der Waals surface area contributed by atoms with Crippen molar-refractivity contribution in [2.24, 2.45) is 10.2 Å². The maximum atomic E-state index is 11.6. The molecule has 26 heavy (non-hydrogen) atoms. The summed E-state index contributed by atoms with van der Waals surface area (Å²) in [4.78, 5) is 29.5. The molecule has 1 atom stereocenters. The van der Waals surface area contributed by atoms with Crippen LogP contribution in [-0.2, 0) is 14.8 Å². The van der Waals surface area contributed by atoms with Crippen molar-refractivity contribution in [1.82, 2.24) is 5.32 Å². The van der Waals surface area contributed by atoms with Crippen LogP contribution in [0.1, 0.15) is 45.7 Å². The number of carbonyl (C=O) groups is 1. The number of thioether (sulfide) groups is 1. The first kappa shape index (κ1) is 22.6. The minimum absolute atomic E-state index is 0.0779. The first-order valence-corrected chi connectivity index (χ1v) is 11.0. The van der Waals surface area contributed by atoms with E-state index in [1.54, 1.807) is 6.21 Å². The fourth-order valence-electron chi connectivity index (χ4n) is 2.01. The highest BCUT2D eigenvalue weighted by atomic mass is 32.2. The minimum Gasteiger partial charge on any atom is -0.324 e. The van der Waals surface area contributed by atoms with E-state index in [9.17, 15) is 9.36 Å². The number of nitrogens with zero attached hydrogens (tertiary/aromatic N) is 2. The molecule has 1 saturated heterocycles. The number of benzene rings is 1. The quantitative estimate of drug-likeness (QED) is 0.409. The summed E-state index contributed by atoms with van der Waals surface area (Å²) in [7, 11) is -4.25. The van der Waals surface area contributed by atoms with Crippen LogP contribution in [0.25, 0.3) is 0 Å². The molecule has 1 aromatic rings. The monoisotopic (exact) mass is 399 g/mol. The average molecular weight is 399 g/mol. The van der Waals surface area contributed by atoms with E-state index >= 15 is 0 Å². The van der Waals surface area contributed by atoms with Gasteiger partial charge in [0.1, 0.15) is 5.25 Å². The van der Waals surface area contributed by atoms with E-state index in [4.69, 9.17) is 9.79 Å². The van der Waals surface area contributed by atoms with Crippen LogP contribution < -0.4 is 5.32 Å². The largest absolute Gasteiger partial charge is 0.327 e. The third-order valence-electron chi connectivity index (χ3n) is 3.31. The van der Waals surface area contributed by atoms with Crippen LogP contribution in [0.5, 0.6) is 0 Å². The number of hydrogen-bond acceptors (Lipinski definition) is 5. The summed E-state index contributed by atoms with van der Waals surface area (Å²) in [6.45, 7) is 10.4. The number of carbonyl (C=O) groups excluding carboxylic acids is 1. The molecule has 1 unspecified atom stereocenters. The maximum absolute atomic E-state index is 11.6. The smallest absolute Gasteiger partial charge is 0.324 e. The van der Waals surface area contributed by atoms with Gasteiger partial charge in [0.05, 0.1) is 12.4 Å². The number of rotatable bonds is 4. The first-order chi connectivity index (χ1) is 12.0. The van der Waals surface area contributed by atoms with Crippen LogP contribution in [0.15, 0.2) is 34.5 Å². The molecule has 3 N–H and O–H groups in total. The van der Waals surface area contributed by atoms with Crippen molar-refractivity contribution >= 4 is 36.6 Å². The molecular formula is C17H26N3O4PS. The number of hydrogen-bond donors (Lipinski definition) is 3. The lowest BCUT2D eigenvalue weighted by atomic mass is 9.87. The summed E-state index contributed by atoms with van der Waals surface area (Å²) in [5.74, 6) is -0.466. The number of nitrogens with one attached hydrogen (secondary N) is 1. The molecule has 1 heterocycles. The molecule has 1 amide bonds. The van der Waals surface area contributed by atoms with Crippen molar-refractivity contribution in [3.63, 3.8) is 0 Å². The van der Waals surface area contributed by atoms with Gasteiger partial charge in [-0.15, -0.1) is 5.10 Å². The van der Waals surface area contributed by atoms with Crippen LogP contribution in [0, 0.1) is 0 Å². The predicted molar refractivity (Wildman–Crippen MR) is 108 cm³/mol. The van der Waals surface area contributed by atoms with E-state index in [2.05, 4.69) is 36.3 Å². The van der Waals surface area contributed by atoms with Crippen LogP contribution in [0.2, 0.25) is 0 Å². The summed E-state index contributed by atoms with van der Waals surface area (Å²) < 4.78 is 11.0. The molecule has 1 fully saturated rings. The Bertz CT molecular complexity index is 721. The van der Waals surface area contributed by atoms with Crippen LogP contribution in [0.4, 0.5) is 0 Å². The summed E-state index contributed by atoms with van der Waals surface area (Å²) in [5, 5.41) is 9.65. The lowest BCUT2D eigenvalue weighted by Gasteiger charge is -2.18. The summed E-state index contributed by atoms with van der Waals surface area (Å²) in [6, 6.07) is 7.91. The van der Waals surface area contributed by atoms with Crippen molar-refractivity contribution in [2.45, 2.75) is 45.3 Å². The molecule has 1 aliphatic heterocycles. The second kappa shape index (κ2) is 9.46. The van der Waals surface area contributed by atoms with Gasteiger partial charge in [-0.3, -0.25) is 9.36 Å². The topological polar surface area (TPSA) is 111 Å². The minimum atomic E-state index is -4.25. The van der Waals surface area contributed by atoms with Gasteiger partial charge < -0.3 is 15.1 Å². The Morgan fingerprint density at radius 1 is 1.23 bits per heavy atom. The molecule has 1 aliphatic rings. The van der Waals surface area contributed by atoms with E-state index in [0.29, 0.717) is 0 Å². The van der Waals surface area contributed by atoms with Gasteiger partial charge in [0.25, 0.3) is 0 Å². The lowest BCUT2D eigenvalue weighted by Crippen LogP contribution is -2.26. The number of amidine groups is 1. The van der Waals surface area contributed by atoms with Crippen molar-refractivity contribution in [1.29, 1.82) is 0 Å². The van der Waals surface area contributed by atoms with E-state index < -0.39 is 24.9 Å². The Kier molecular flexibility index (Phi) is 8.21. The van der Waals surface area contributed by atoms with Gasteiger partial charge in [-0.2, -0.15) is 5.10 Å².